The summed E-state index contributed by atoms with van der Waals surface area (Å²) in [5.74, 6) is 5.01. The van der Waals surface area contributed by atoms with Crippen LogP contribution in [0.2, 0.25) is 0 Å². The van der Waals surface area contributed by atoms with Gasteiger partial charge in [0, 0.05) is 11.1 Å². The molecule has 0 amide bonds. The van der Waals surface area contributed by atoms with Crippen LogP contribution in [0, 0.1) is 17.8 Å². The highest BCUT2D eigenvalue weighted by Crippen LogP contribution is 2.55. The molecule has 0 radical (unpaired) electrons. The van der Waals surface area contributed by atoms with Crippen molar-refractivity contribution in [2.24, 2.45) is 17.8 Å². The Morgan fingerprint density at radius 3 is 2.48 bits per heavy atom. The summed E-state index contributed by atoms with van der Waals surface area (Å²) in [7, 11) is 1.70. The lowest BCUT2D eigenvalue weighted by Gasteiger charge is -2.57. The average molecular weight is 367 g/mol. The van der Waals surface area contributed by atoms with Gasteiger partial charge in [0.25, 0.3) is 0 Å². The lowest BCUT2D eigenvalue weighted by atomic mass is 9.53. The van der Waals surface area contributed by atoms with Crippen LogP contribution in [0.15, 0.2) is 22.7 Å². The first kappa shape index (κ1) is 17.2. The molecule has 4 aliphatic rings. The van der Waals surface area contributed by atoms with E-state index in [1.807, 2.05) is 12.1 Å². The van der Waals surface area contributed by atoms with E-state index in [9.17, 15) is 0 Å². The first-order valence-corrected chi connectivity index (χ1v) is 10.4. The second-order valence-electron chi connectivity index (χ2n) is 8.94. The zero-order valence-electron chi connectivity index (χ0n) is 16.3. The maximum absolute atomic E-state index is 5.55. The summed E-state index contributed by atoms with van der Waals surface area (Å²) in [5.41, 5.74) is 2.44. The van der Waals surface area contributed by atoms with Crippen molar-refractivity contribution in [3.63, 3.8) is 0 Å². The number of benzene rings is 1. The van der Waals surface area contributed by atoms with Crippen molar-refractivity contribution >= 4 is 0 Å². The number of nitrogens with zero attached hydrogens (tertiary/aromatic N) is 2. The van der Waals surface area contributed by atoms with E-state index in [0.717, 1.165) is 35.5 Å². The topological polar surface area (TPSA) is 60.2 Å². The van der Waals surface area contributed by atoms with E-state index in [0.29, 0.717) is 23.8 Å². The summed E-state index contributed by atoms with van der Waals surface area (Å²) >= 11 is 0. The Kier molecular flexibility index (Phi) is 4.23. The number of nitrogens with one attached hydrogen (secondary N) is 1. The fourth-order valence-corrected chi connectivity index (χ4v) is 6.21. The fraction of sp³-hybridized carbons (Fsp3) is 0.636. The molecule has 4 bridgehead atoms. The van der Waals surface area contributed by atoms with E-state index in [2.05, 4.69) is 28.4 Å². The third-order valence-electron chi connectivity index (χ3n) is 7.05. The Morgan fingerprint density at radius 2 is 1.85 bits per heavy atom. The van der Waals surface area contributed by atoms with Crippen LogP contribution in [0.4, 0.5) is 0 Å². The van der Waals surface area contributed by atoms with Gasteiger partial charge >= 0.3 is 0 Å². The first-order valence-electron chi connectivity index (χ1n) is 10.4. The van der Waals surface area contributed by atoms with Crippen LogP contribution in [0.1, 0.15) is 56.9 Å². The van der Waals surface area contributed by atoms with E-state index in [-0.39, 0.29) is 0 Å². The lowest BCUT2D eigenvalue weighted by Crippen LogP contribution is -2.58. The summed E-state index contributed by atoms with van der Waals surface area (Å²) in [6, 6.07) is 6.13. The standard InChI is InChI=1S/C22H29N3O2/c1-3-17-4-5-18(9-19(17)26-2)21-24-20(27-25-21)13-23-22-10-14-6-15(11-22)8-16(7-14)12-22/h4-5,9,14-16,23H,3,6-8,10-13H2,1-2H3. The molecule has 4 fully saturated rings. The van der Waals surface area contributed by atoms with Crippen LogP contribution in [-0.4, -0.2) is 22.8 Å². The molecule has 4 aliphatic carbocycles. The van der Waals surface area contributed by atoms with Crippen LogP contribution >= 0.6 is 0 Å². The molecular formula is C22H29N3O2. The predicted molar refractivity (Wildman–Crippen MR) is 103 cm³/mol. The van der Waals surface area contributed by atoms with Gasteiger partial charge in [-0.3, -0.25) is 0 Å². The van der Waals surface area contributed by atoms with Gasteiger partial charge in [0.15, 0.2) is 0 Å². The molecule has 0 spiro atoms. The number of methoxy groups -OCH3 is 1. The van der Waals surface area contributed by atoms with Crippen LogP contribution in [0.3, 0.4) is 0 Å². The van der Waals surface area contributed by atoms with Gasteiger partial charge in [0.2, 0.25) is 11.7 Å². The zero-order chi connectivity index (χ0) is 18.4. The average Bonchev–Trinajstić information content (AvgIpc) is 3.14. The van der Waals surface area contributed by atoms with Crippen molar-refractivity contribution < 1.29 is 9.26 Å². The molecule has 27 heavy (non-hydrogen) atoms. The molecular weight excluding hydrogens is 338 g/mol. The molecule has 1 aromatic heterocycles. The molecule has 144 valence electrons. The van der Waals surface area contributed by atoms with Gasteiger partial charge in [0.1, 0.15) is 5.75 Å². The monoisotopic (exact) mass is 367 g/mol. The number of hydrogen-bond acceptors (Lipinski definition) is 5. The highest BCUT2D eigenvalue weighted by Gasteiger charge is 2.50. The van der Waals surface area contributed by atoms with Crippen molar-refractivity contribution in [2.45, 2.75) is 64.0 Å². The van der Waals surface area contributed by atoms with Crippen molar-refractivity contribution in [1.82, 2.24) is 15.5 Å². The molecule has 5 heteroatoms. The van der Waals surface area contributed by atoms with E-state index in [4.69, 9.17) is 9.26 Å². The van der Waals surface area contributed by atoms with Crippen molar-refractivity contribution in [3.8, 4) is 17.1 Å². The number of rotatable bonds is 6. The molecule has 1 heterocycles. The van der Waals surface area contributed by atoms with Crippen molar-refractivity contribution in [1.29, 1.82) is 0 Å². The molecule has 1 N–H and O–H groups in total. The third kappa shape index (κ3) is 3.16. The molecule has 4 saturated carbocycles. The Labute approximate surface area is 160 Å². The molecule has 0 atom stereocenters. The minimum atomic E-state index is 0.315. The second kappa shape index (κ2) is 6.62. The van der Waals surface area contributed by atoms with Gasteiger partial charge in [-0.15, -0.1) is 0 Å². The zero-order valence-corrected chi connectivity index (χ0v) is 16.3. The SMILES string of the molecule is CCc1ccc(-c2noc(CNC34CC5CC(CC(C5)C3)C4)n2)cc1OC. The summed E-state index contributed by atoms with van der Waals surface area (Å²) in [6.45, 7) is 2.80. The summed E-state index contributed by atoms with van der Waals surface area (Å²) in [6.07, 6.45) is 9.31. The maximum atomic E-state index is 5.55. The highest BCUT2D eigenvalue weighted by atomic mass is 16.5. The van der Waals surface area contributed by atoms with E-state index < -0.39 is 0 Å². The van der Waals surface area contributed by atoms with Crippen molar-refractivity contribution in [3.05, 3.63) is 29.7 Å². The van der Waals surface area contributed by atoms with Crippen LogP contribution in [0.25, 0.3) is 11.4 Å². The molecule has 0 saturated heterocycles. The summed E-state index contributed by atoms with van der Waals surface area (Å²) in [4.78, 5) is 4.63. The molecule has 5 nitrogen and oxygen atoms in total. The number of aryl methyl sites for hydroxylation is 1. The largest absolute Gasteiger partial charge is 0.496 e. The number of aromatic nitrogens is 2. The highest BCUT2D eigenvalue weighted by molar-refractivity contribution is 5.58. The predicted octanol–water partition coefficient (Wildman–Crippen LogP) is 4.37. The normalized spacial score (nSPS) is 31.4. The van der Waals surface area contributed by atoms with E-state index in [1.165, 1.54) is 44.1 Å². The molecule has 1 aromatic carbocycles. The minimum Gasteiger partial charge on any atom is -0.496 e. The smallest absolute Gasteiger partial charge is 0.240 e. The van der Waals surface area contributed by atoms with E-state index in [1.54, 1.807) is 7.11 Å². The van der Waals surface area contributed by atoms with Gasteiger partial charge in [-0.25, -0.2) is 0 Å². The Hall–Kier alpha value is -1.88. The van der Waals surface area contributed by atoms with Crippen molar-refractivity contribution in [2.75, 3.05) is 7.11 Å². The van der Waals surface area contributed by atoms with Gasteiger partial charge in [-0.2, -0.15) is 4.98 Å². The Morgan fingerprint density at radius 1 is 1.15 bits per heavy atom. The Balaban J connectivity index is 1.29. The fourth-order valence-electron chi connectivity index (χ4n) is 6.21. The molecule has 2 aromatic rings. The third-order valence-corrected chi connectivity index (χ3v) is 7.05. The van der Waals surface area contributed by atoms with Gasteiger partial charge in [-0.05, 0) is 74.3 Å². The van der Waals surface area contributed by atoms with Gasteiger partial charge < -0.3 is 14.6 Å². The quantitative estimate of drug-likeness (QED) is 0.822. The Bertz CT molecular complexity index is 793. The molecule has 0 aliphatic heterocycles. The summed E-state index contributed by atoms with van der Waals surface area (Å²) in [5, 5.41) is 8.03. The number of ether oxygens (including phenoxy) is 1. The van der Waals surface area contributed by atoms with Gasteiger partial charge in [0.05, 0.1) is 13.7 Å². The lowest BCUT2D eigenvalue weighted by molar-refractivity contribution is -0.0217. The second-order valence-corrected chi connectivity index (χ2v) is 8.94. The number of hydrogen-bond donors (Lipinski definition) is 1. The van der Waals surface area contributed by atoms with Crippen LogP contribution in [0.5, 0.6) is 5.75 Å². The van der Waals surface area contributed by atoms with Crippen LogP contribution < -0.4 is 10.1 Å². The van der Waals surface area contributed by atoms with Crippen LogP contribution in [-0.2, 0) is 13.0 Å². The summed E-state index contributed by atoms with van der Waals surface area (Å²) < 4.78 is 11.0. The minimum absolute atomic E-state index is 0.315. The maximum Gasteiger partial charge on any atom is 0.240 e. The van der Waals surface area contributed by atoms with E-state index >= 15 is 0 Å². The first-order chi connectivity index (χ1) is 13.2. The molecule has 6 rings (SSSR count). The molecule has 0 unspecified atom stereocenters. The van der Waals surface area contributed by atoms with Gasteiger partial charge in [-0.1, -0.05) is 24.2 Å².